The molecule has 2 saturated heterocycles. The molecule has 2 rings (SSSR count). The van der Waals surface area contributed by atoms with Gasteiger partial charge >= 0.3 is 0 Å². The Labute approximate surface area is 196 Å². The molecule has 2 heterocycles. The zero-order valence-corrected chi connectivity index (χ0v) is 18.6. The Hall–Kier alpha value is -1.46. The van der Waals surface area contributed by atoms with Crippen LogP contribution in [0.4, 0.5) is 0 Å². The smallest absolute Gasteiger partial charge is 0.222 e. The molecule has 0 aromatic rings. The third-order valence-electron chi connectivity index (χ3n) is 6.00. The third kappa shape index (κ3) is 7.52. The maximum absolute atomic E-state index is 12.1. The van der Waals surface area contributed by atoms with E-state index in [1.54, 1.807) is 0 Å². The second kappa shape index (κ2) is 13.6. The van der Waals surface area contributed by atoms with Gasteiger partial charge in [0.15, 0.2) is 0 Å². The maximum atomic E-state index is 12.1. The van der Waals surface area contributed by atoms with E-state index in [4.69, 9.17) is 9.47 Å². The number of nitrogens with one attached hydrogen (secondary N) is 2. The molecular formula is C20H36N2O12. The van der Waals surface area contributed by atoms with E-state index in [2.05, 4.69) is 10.6 Å². The first-order valence-corrected chi connectivity index (χ1v) is 11.2. The van der Waals surface area contributed by atoms with Crippen LogP contribution >= 0.6 is 0 Å². The molecule has 2 fully saturated rings. The topological polar surface area (TPSA) is 238 Å². The van der Waals surface area contributed by atoms with Gasteiger partial charge in [0.2, 0.25) is 11.8 Å². The van der Waals surface area contributed by atoms with Crippen molar-refractivity contribution in [3.05, 3.63) is 0 Å². The molecular weight excluding hydrogens is 460 g/mol. The van der Waals surface area contributed by atoms with E-state index in [0.29, 0.717) is 12.8 Å². The van der Waals surface area contributed by atoms with Gasteiger partial charge in [-0.2, -0.15) is 0 Å². The van der Waals surface area contributed by atoms with Crippen molar-refractivity contribution in [3.63, 3.8) is 0 Å². The van der Waals surface area contributed by atoms with Gasteiger partial charge in [0.25, 0.3) is 0 Å². The lowest BCUT2D eigenvalue weighted by Gasteiger charge is -2.39. The molecule has 0 aromatic heterocycles. The fraction of sp³-hybridized carbons (Fsp3) is 0.900. The SMILES string of the molecule is O=C(C[C@H]1O[C@H](CO)[C@@H](O)[C@H](O)[C@H]1O)NCCCCNC(=O)C[C@H]1O[C@H](CO)[C@@H](O)[C@H](O)[C@H]1O. The summed E-state index contributed by atoms with van der Waals surface area (Å²) in [5, 5.41) is 82.5. The summed E-state index contributed by atoms with van der Waals surface area (Å²) in [6.07, 6.45) is -12.9. The van der Waals surface area contributed by atoms with Crippen molar-refractivity contribution in [1.82, 2.24) is 10.6 Å². The van der Waals surface area contributed by atoms with Crippen molar-refractivity contribution < 1.29 is 59.9 Å². The third-order valence-corrected chi connectivity index (χ3v) is 6.00. The predicted molar refractivity (Wildman–Crippen MR) is 112 cm³/mol. The van der Waals surface area contributed by atoms with Crippen LogP contribution in [0.3, 0.4) is 0 Å². The highest BCUT2D eigenvalue weighted by atomic mass is 16.6. The molecule has 10 N–H and O–H groups in total. The van der Waals surface area contributed by atoms with Crippen LogP contribution in [0, 0.1) is 0 Å². The van der Waals surface area contributed by atoms with Crippen molar-refractivity contribution >= 4 is 11.8 Å². The standard InChI is InChI=1S/C20H36N2O12/c23-7-11-17(29)19(31)15(27)9(33-11)5-13(25)21-3-1-2-4-22-14(26)6-10-16(28)20(32)18(30)12(8-24)34-10/h9-12,15-20,23-24,27-32H,1-8H2,(H,21,25)(H,22,26)/t9-,10-,11-,12-,15+,16+,17-,18-,19-,20-/m1/s1. The molecule has 0 radical (unpaired) electrons. The number of carbonyl (C=O) groups is 2. The van der Waals surface area contributed by atoms with E-state index in [9.17, 15) is 50.4 Å². The van der Waals surface area contributed by atoms with E-state index in [0.717, 1.165) is 0 Å². The first kappa shape index (κ1) is 28.8. The minimum Gasteiger partial charge on any atom is -0.394 e. The minimum absolute atomic E-state index is 0.263. The molecule has 10 atom stereocenters. The molecule has 2 aliphatic rings. The summed E-state index contributed by atoms with van der Waals surface area (Å²) in [4.78, 5) is 24.1. The summed E-state index contributed by atoms with van der Waals surface area (Å²) in [5.41, 5.74) is 0. The van der Waals surface area contributed by atoms with Crippen LogP contribution in [0.15, 0.2) is 0 Å². The molecule has 198 valence electrons. The van der Waals surface area contributed by atoms with Gasteiger partial charge in [0.05, 0.1) is 38.3 Å². The fourth-order valence-electron chi connectivity index (χ4n) is 3.91. The van der Waals surface area contributed by atoms with E-state index >= 15 is 0 Å². The summed E-state index contributed by atoms with van der Waals surface area (Å²) < 4.78 is 10.6. The zero-order valence-electron chi connectivity index (χ0n) is 18.6. The van der Waals surface area contributed by atoms with Crippen LogP contribution < -0.4 is 10.6 Å². The van der Waals surface area contributed by atoms with Crippen LogP contribution in [0.5, 0.6) is 0 Å². The fourth-order valence-corrected chi connectivity index (χ4v) is 3.91. The van der Waals surface area contributed by atoms with Crippen LogP contribution in [0.25, 0.3) is 0 Å². The lowest BCUT2D eigenvalue weighted by Crippen LogP contribution is -2.59. The van der Waals surface area contributed by atoms with E-state index in [1.165, 1.54) is 0 Å². The van der Waals surface area contributed by atoms with Gasteiger partial charge in [-0.25, -0.2) is 0 Å². The van der Waals surface area contributed by atoms with Gasteiger partial charge in [-0.1, -0.05) is 0 Å². The number of ether oxygens (including phenoxy) is 2. The maximum Gasteiger partial charge on any atom is 0.222 e. The van der Waals surface area contributed by atoms with E-state index < -0.39 is 86.1 Å². The Bertz CT molecular complexity index is 597. The van der Waals surface area contributed by atoms with Crippen molar-refractivity contribution in [2.24, 2.45) is 0 Å². The molecule has 0 bridgehead atoms. The van der Waals surface area contributed by atoms with Crippen molar-refractivity contribution in [2.45, 2.75) is 86.7 Å². The molecule has 0 aromatic carbocycles. The van der Waals surface area contributed by atoms with Crippen molar-refractivity contribution in [1.29, 1.82) is 0 Å². The number of unbranched alkanes of at least 4 members (excludes halogenated alkanes) is 1. The Morgan fingerprint density at radius 3 is 1.21 bits per heavy atom. The largest absolute Gasteiger partial charge is 0.394 e. The summed E-state index contributed by atoms with van der Waals surface area (Å²) in [7, 11) is 0. The Morgan fingerprint density at radius 1 is 0.559 bits per heavy atom. The summed E-state index contributed by atoms with van der Waals surface area (Å²) >= 11 is 0. The first-order chi connectivity index (χ1) is 16.1. The Kier molecular flexibility index (Phi) is 11.5. The summed E-state index contributed by atoms with van der Waals surface area (Å²) in [6.45, 7) is -0.631. The normalized spacial score (nSPS) is 38.4. The molecule has 2 aliphatic heterocycles. The van der Waals surface area contributed by atoms with Crippen LogP contribution in [-0.4, -0.2) is 140 Å². The number of amides is 2. The van der Waals surface area contributed by atoms with Gasteiger partial charge in [-0.3, -0.25) is 9.59 Å². The molecule has 0 spiro atoms. The second-order valence-corrected chi connectivity index (χ2v) is 8.55. The lowest BCUT2D eigenvalue weighted by atomic mass is 9.93. The molecule has 14 nitrogen and oxygen atoms in total. The van der Waals surface area contributed by atoms with E-state index in [1.807, 2.05) is 0 Å². The molecule has 0 aliphatic carbocycles. The van der Waals surface area contributed by atoms with Gasteiger partial charge in [-0.05, 0) is 12.8 Å². The average molecular weight is 497 g/mol. The average Bonchev–Trinajstić information content (AvgIpc) is 2.81. The lowest BCUT2D eigenvalue weighted by molar-refractivity contribution is -0.229. The van der Waals surface area contributed by atoms with Crippen LogP contribution in [-0.2, 0) is 19.1 Å². The van der Waals surface area contributed by atoms with Gasteiger partial charge in [-0.15, -0.1) is 0 Å². The quantitative estimate of drug-likeness (QED) is 0.121. The molecule has 2 amide bonds. The van der Waals surface area contributed by atoms with Gasteiger partial charge in [0, 0.05) is 13.1 Å². The zero-order chi connectivity index (χ0) is 25.4. The summed E-state index contributed by atoms with van der Waals surface area (Å²) in [5.74, 6) is -0.924. The molecule has 14 heteroatoms. The molecule has 34 heavy (non-hydrogen) atoms. The predicted octanol–water partition coefficient (Wildman–Crippen LogP) is -5.54. The second-order valence-electron chi connectivity index (χ2n) is 8.55. The number of aliphatic hydroxyl groups excluding tert-OH is 8. The number of hydrogen-bond acceptors (Lipinski definition) is 12. The van der Waals surface area contributed by atoms with Crippen molar-refractivity contribution in [2.75, 3.05) is 26.3 Å². The number of rotatable bonds is 11. The molecule has 0 unspecified atom stereocenters. The van der Waals surface area contributed by atoms with Gasteiger partial charge < -0.3 is 61.0 Å². The number of hydrogen-bond donors (Lipinski definition) is 10. The highest BCUT2D eigenvalue weighted by Crippen LogP contribution is 2.24. The Balaban J connectivity index is 1.61. The Morgan fingerprint density at radius 2 is 0.882 bits per heavy atom. The number of aliphatic hydroxyl groups is 8. The van der Waals surface area contributed by atoms with Crippen LogP contribution in [0.2, 0.25) is 0 Å². The molecule has 0 saturated carbocycles. The van der Waals surface area contributed by atoms with Crippen molar-refractivity contribution in [3.8, 4) is 0 Å². The first-order valence-electron chi connectivity index (χ1n) is 11.2. The highest BCUT2D eigenvalue weighted by molar-refractivity contribution is 5.77. The minimum atomic E-state index is -1.55. The van der Waals surface area contributed by atoms with E-state index in [-0.39, 0.29) is 25.9 Å². The highest BCUT2D eigenvalue weighted by Gasteiger charge is 2.45. The van der Waals surface area contributed by atoms with Crippen LogP contribution in [0.1, 0.15) is 25.7 Å². The summed E-state index contributed by atoms with van der Waals surface area (Å²) in [6, 6.07) is 0. The monoisotopic (exact) mass is 496 g/mol. The van der Waals surface area contributed by atoms with Gasteiger partial charge in [0.1, 0.15) is 48.8 Å². The number of carbonyl (C=O) groups excluding carboxylic acids is 2.